The highest BCUT2D eigenvalue weighted by atomic mass is 16.1. The first kappa shape index (κ1) is 11.0. The Hall–Kier alpha value is -2.16. The Balaban J connectivity index is 2.01. The molecule has 3 heteroatoms. The summed E-state index contributed by atoms with van der Waals surface area (Å²) in [7, 11) is 1.88. The summed E-state index contributed by atoms with van der Waals surface area (Å²) in [6.45, 7) is 0. The summed E-state index contributed by atoms with van der Waals surface area (Å²) in [4.78, 5) is 12.4. The number of hydrogen-bond donors (Lipinski definition) is 0. The zero-order valence-corrected chi connectivity index (χ0v) is 10.3. The molecule has 0 atom stereocenters. The fourth-order valence-corrected chi connectivity index (χ4v) is 2.36. The van der Waals surface area contributed by atoms with Crippen LogP contribution in [0.2, 0.25) is 0 Å². The van der Waals surface area contributed by atoms with Gasteiger partial charge in [0.15, 0.2) is 5.78 Å². The molecule has 18 heavy (non-hydrogen) atoms. The molecule has 0 radical (unpaired) electrons. The molecule has 0 saturated heterocycles. The van der Waals surface area contributed by atoms with E-state index < -0.39 is 0 Å². The molecule has 0 aliphatic heterocycles. The Kier molecular flexibility index (Phi) is 2.59. The van der Waals surface area contributed by atoms with Gasteiger partial charge < -0.3 is 0 Å². The molecule has 0 unspecified atom stereocenters. The summed E-state index contributed by atoms with van der Waals surface area (Å²) in [6, 6.07) is 9.77. The van der Waals surface area contributed by atoms with Crippen molar-refractivity contribution < 1.29 is 4.79 Å². The fourth-order valence-electron chi connectivity index (χ4n) is 2.36. The highest BCUT2D eigenvalue weighted by Crippen LogP contribution is 2.26. The summed E-state index contributed by atoms with van der Waals surface area (Å²) in [6.07, 6.45) is 5.44. The number of fused-ring (bicyclic) bond motifs is 1. The van der Waals surface area contributed by atoms with Gasteiger partial charge in [0, 0.05) is 24.4 Å². The molecular weight excluding hydrogens is 224 g/mol. The minimum atomic E-state index is 0.151. The van der Waals surface area contributed by atoms with Gasteiger partial charge in [-0.15, -0.1) is 0 Å². The zero-order chi connectivity index (χ0) is 12.5. The Labute approximate surface area is 106 Å². The minimum absolute atomic E-state index is 0.151. The molecule has 1 aromatic heterocycles. The van der Waals surface area contributed by atoms with Crippen molar-refractivity contribution in [2.45, 2.75) is 12.8 Å². The lowest BCUT2D eigenvalue weighted by molar-refractivity contribution is 0.102. The van der Waals surface area contributed by atoms with Crippen LogP contribution < -0.4 is 0 Å². The number of hydrogen-bond acceptors (Lipinski definition) is 2. The number of benzene rings is 1. The number of carbonyl (C=O) groups is 1. The lowest BCUT2D eigenvalue weighted by Crippen LogP contribution is -2.14. The maximum Gasteiger partial charge on any atom is 0.189 e. The lowest BCUT2D eigenvalue weighted by atomic mass is 9.86. The van der Waals surface area contributed by atoms with Gasteiger partial charge in [0.2, 0.25) is 0 Å². The number of rotatable bonds is 1. The number of allylic oxidation sites excluding steroid dienone is 1. The molecule has 0 bridgehead atoms. The summed E-state index contributed by atoms with van der Waals surface area (Å²) in [5.41, 5.74) is 3.84. The van der Waals surface area contributed by atoms with Crippen molar-refractivity contribution in [3.8, 4) is 0 Å². The maximum atomic E-state index is 12.4. The van der Waals surface area contributed by atoms with Crippen LogP contribution in [0.25, 0.3) is 6.08 Å². The third kappa shape index (κ3) is 1.78. The minimum Gasteiger partial charge on any atom is -0.289 e. The molecule has 0 fully saturated rings. The molecule has 0 amide bonds. The van der Waals surface area contributed by atoms with E-state index in [0.717, 1.165) is 35.2 Å². The summed E-state index contributed by atoms with van der Waals surface area (Å²) in [5.74, 6) is 0.151. The van der Waals surface area contributed by atoms with E-state index in [1.54, 1.807) is 10.9 Å². The average molecular weight is 238 g/mol. The van der Waals surface area contributed by atoms with Crippen molar-refractivity contribution in [2.75, 3.05) is 0 Å². The second kappa shape index (κ2) is 4.26. The van der Waals surface area contributed by atoms with Crippen LogP contribution in [0, 0.1) is 0 Å². The van der Waals surface area contributed by atoms with Gasteiger partial charge in [-0.25, -0.2) is 0 Å². The smallest absolute Gasteiger partial charge is 0.189 e. The molecule has 0 N–H and O–H groups in total. The third-order valence-electron chi connectivity index (χ3n) is 3.40. The predicted octanol–water partition coefficient (Wildman–Crippen LogP) is 2.63. The predicted molar refractivity (Wildman–Crippen MR) is 70.3 cm³/mol. The molecule has 0 saturated carbocycles. The maximum absolute atomic E-state index is 12.4. The molecule has 0 spiro atoms. The Bertz CT molecular complexity index is 637. The number of carbonyl (C=O) groups excluding carboxylic acids is 1. The van der Waals surface area contributed by atoms with Gasteiger partial charge in [0.05, 0.1) is 5.69 Å². The van der Waals surface area contributed by atoms with Crippen LogP contribution >= 0.6 is 0 Å². The first-order valence-electron chi connectivity index (χ1n) is 6.07. The molecule has 3 rings (SSSR count). The van der Waals surface area contributed by atoms with Crippen LogP contribution in [0.5, 0.6) is 0 Å². The highest BCUT2D eigenvalue weighted by Gasteiger charge is 2.21. The second-order valence-corrected chi connectivity index (χ2v) is 4.54. The normalized spacial score (nSPS) is 16.9. The highest BCUT2D eigenvalue weighted by molar-refractivity contribution is 6.13. The van der Waals surface area contributed by atoms with E-state index in [-0.39, 0.29) is 5.78 Å². The van der Waals surface area contributed by atoms with Crippen molar-refractivity contribution in [3.05, 3.63) is 58.9 Å². The summed E-state index contributed by atoms with van der Waals surface area (Å²) < 4.78 is 1.78. The van der Waals surface area contributed by atoms with Crippen LogP contribution in [0.3, 0.4) is 0 Å². The van der Waals surface area contributed by atoms with Gasteiger partial charge in [0.25, 0.3) is 0 Å². The zero-order valence-electron chi connectivity index (χ0n) is 10.3. The quantitative estimate of drug-likeness (QED) is 0.716. The van der Waals surface area contributed by atoms with Gasteiger partial charge in [-0.1, -0.05) is 24.3 Å². The molecule has 1 aliphatic rings. The van der Waals surface area contributed by atoms with Gasteiger partial charge in [-0.3, -0.25) is 9.48 Å². The van der Waals surface area contributed by atoms with E-state index in [2.05, 4.69) is 5.10 Å². The number of Topliss-reactive ketones (excluding diaryl/α,β-unsaturated/α-hetero) is 1. The van der Waals surface area contributed by atoms with E-state index in [1.807, 2.05) is 43.5 Å². The molecular formula is C15H14N2O. The Morgan fingerprint density at radius 1 is 1.22 bits per heavy atom. The largest absolute Gasteiger partial charge is 0.289 e. The number of aromatic nitrogens is 2. The lowest BCUT2D eigenvalue weighted by Gasteiger charge is -2.17. The van der Waals surface area contributed by atoms with Crippen LogP contribution in [0.4, 0.5) is 0 Å². The first-order valence-corrected chi connectivity index (χ1v) is 6.07. The van der Waals surface area contributed by atoms with Crippen molar-refractivity contribution >= 4 is 11.9 Å². The summed E-state index contributed by atoms with van der Waals surface area (Å²) >= 11 is 0. The van der Waals surface area contributed by atoms with Crippen LogP contribution in [-0.4, -0.2) is 15.6 Å². The molecule has 90 valence electrons. The van der Waals surface area contributed by atoms with E-state index in [1.165, 1.54) is 0 Å². The van der Waals surface area contributed by atoms with Crippen LogP contribution in [0.1, 0.15) is 28.0 Å². The van der Waals surface area contributed by atoms with Gasteiger partial charge in [0.1, 0.15) is 0 Å². The van der Waals surface area contributed by atoms with Crippen molar-refractivity contribution in [2.24, 2.45) is 7.05 Å². The molecule has 3 nitrogen and oxygen atoms in total. The number of nitrogens with zero attached hydrogens (tertiary/aromatic N) is 2. The van der Waals surface area contributed by atoms with E-state index in [9.17, 15) is 4.79 Å². The van der Waals surface area contributed by atoms with Crippen molar-refractivity contribution in [1.82, 2.24) is 9.78 Å². The Morgan fingerprint density at radius 3 is 2.83 bits per heavy atom. The van der Waals surface area contributed by atoms with Gasteiger partial charge >= 0.3 is 0 Å². The fraction of sp³-hybridized carbons (Fsp3) is 0.200. The Morgan fingerprint density at radius 2 is 2.06 bits per heavy atom. The molecule has 1 aliphatic carbocycles. The molecule has 1 aromatic carbocycles. The number of ketones is 1. The van der Waals surface area contributed by atoms with Crippen LogP contribution in [0.15, 0.2) is 42.1 Å². The van der Waals surface area contributed by atoms with Crippen molar-refractivity contribution in [3.63, 3.8) is 0 Å². The monoisotopic (exact) mass is 238 g/mol. The van der Waals surface area contributed by atoms with E-state index in [0.29, 0.717) is 0 Å². The average Bonchev–Trinajstić information content (AvgIpc) is 2.79. The van der Waals surface area contributed by atoms with Gasteiger partial charge in [-0.2, -0.15) is 5.10 Å². The molecule has 1 heterocycles. The summed E-state index contributed by atoms with van der Waals surface area (Å²) in [5, 5.41) is 4.11. The van der Waals surface area contributed by atoms with Gasteiger partial charge in [-0.05, 0) is 30.5 Å². The topological polar surface area (TPSA) is 34.9 Å². The van der Waals surface area contributed by atoms with Crippen molar-refractivity contribution in [1.29, 1.82) is 0 Å². The number of aryl methyl sites for hydroxylation is 2. The first-order chi connectivity index (χ1) is 8.75. The second-order valence-electron chi connectivity index (χ2n) is 4.54. The van der Waals surface area contributed by atoms with Crippen LogP contribution in [-0.2, 0) is 13.5 Å². The van der Waals surface area contributed by atoms with E-state index in [4.69, 9.17) is 0 Å². The standard InChI is InChI=1S/C15H14N2O/c1-17-13(8-9-16-17)10-12-7-6-11-4-2-3-5-14(11)15(12)18/h2-5,8-10H,6-7H2,1H3/b12-10+. The SMILES string of the molecule is Cn1nccc1/C=C1\CCc2ccccc2C1=O. The van der Waals surface area contributed by atoms with E-state index >= 15 is 0 Å². The third-order valence-corrected chi connectivity index (χ3v) is 3.40. The molecule has 2 aromatic rings.